The van der Waals surface area contributed by atoms with E-state index in [1.165, 1.54) is 0 Å². The van der Waals surface area contributed by atoms with Crippen LogP contribution in [0.1, 0.15) is 119 Å². The molecule has 0 spiro atoms. The lowest BCUT2D eigenvalue weighted by Crippen LogP contribution is -2.27. The van der Waals surface area contributed by atoms with E-state index in [2.05, 4.69) is 13.8 Å². The molecule has 1 aromatic rings. The summed E-state index contributed by atoms with van der Waals surface area (Å²) in [6.07, 6.45) is 7.67. The van der Waals surface area contributed by atoms with E-state index in [0.29, 0.717) is 6.42 Å². The van der Waals surface area contributed by atoms with Crippen molar-refractivity contribution in [3.63, 3.8) is 0 Å². The Bertz CT molecular complexity index is 663. The van der Waals surface area contributed by atoms with Gasteiger partial charge in [0.25, 0.3) is 0 Å². The first kappa shape index (κ1) is 34.2. The van der Waals surface area contributed by atoms with Gasteiger partial charge in [0.05, 0.1) is 0 Å². The average molecular weight is 477 g/mol. The van der Waals surface area contributed by atoms with Crippen molar-refractivity contribution < 1.29 is 19.5 Å². The van der Waals surface area contributed by atoms with Gasteiger partial charge in [0.1, 0.15) is 23.1 Å². The van der Waals surface area contributed by atoms with Gasteiger partial charge in [0, 0.05) is 30.6 Å². The average Bonchev–Trinajstić information content (AvgIpc) is 2.84. The van der Waals surface area contributed by atoms with Crippen molar-refractivity contribution in [3.05, 3.63) is 29.8 Å². The molecule has 4 nitrogen and oxygen atoms in total. The van der Waals surface area contributed by atoms with E-state index in [9.17, 15) is 19.5 Å². The molecule has 0 aliphatic rings. The second-order valence-corrected chi connectivity index (χ2v) is 8.76. The van der Waals surface area contributed by atoms with E-state index in [0.717, 1.165) is 50.5 Å². The van der Waals surface area contributed by atoms with E-state index >= 15 is 0 Å². The number of rotatable bonds is 16. The van der Waals surface area contributed by atoms with Gasteiger partial charge in [-0.1, -0.05) is 92.7 Å². The number of Topliss-reactive ketones (excluding diaryl/α,β-unsaturated/α-hetero) is 3. The van der Waals surface area contributed by atoms with E-state index in [-0.39, 0.29) is 47.8 Å². The van der Waals surface area contributed by atoms with Gasteiger partial charge in [0.2, 0.25) is 0 Å². The van der Waals surface area contributed by atoms with Crippen LogP contribution in [0, 0.1) is 17.8 Å². The molecule has 0 heterocycles. The first-order chi connectivity index (χ1) is 16.3. The summed E-state index contributed by atoms with van der Waals surface area (Å²) in [7, 11) is 0. The Morgan fingerprint density at radius 1 is 0.765 bits per heavy atom. The summed E-state index contributed by atoms with van der Waals surface area (Å²) in [6, 6.07) is 6.80. The molecule has 1 unspecified atom stereocenters. The third kappa shape index (κ3) is 15.0. The highest BCUT2D eigenvalue weighted by Gasteiger charge is 2.28. The normalized spacial score (nSPS) is 12.8. The molecule has 0 saturated heterocycles. The largest absolute Gasteiger partial charge is 0.508 e. The Morgan fingerprint density at radius 2 is 1.29 bits per heavy atom. The Kier molecular flexibility index (Phi) is 21.7. The summed E-state index contributed by atoms with van der Waals surface area (Å²) in [5, 5.41) is 9.52. The maximum atomic E-state index is 13.2. The number of hydrogen-bond acceptors (Lipinski definition) is 4. The number of phenols is 1. The fourth-order valence-electron chi connectivity index (χ4n) is 3.83. The van der Waals surface area contributed by atoms with Crippen LogP contribution in [-0.2, 0) is 20.8 Å². The lowest BCUT2D eigenvalue weighted by atomic mass is 9.82. The molecule has 4 heteroatoms. The molecule has 1 rings (SSSR count). The van der Waals surface area contributed by atoms with Crippen molar-refractivity contribution in [2.75, 3.05) is 0 Å². The third-order valence-corrected chi connectivity index (χ3v) is 6.04. The molecule has 196 valence electrons. The van der Waals surface area contributed by atoms with Gasteiger partial charge in [0.15, 0.2) is 0 Å². The second-order valence-electron chi connectivity index (χ2n) is 8.76. The number of carbonyl (C=O) groups excluding carboxylic acids is 3. The van der Waals surface area contributed by atoms with Gasteiger partial charge in [-0.15, -0.1) is 0 Å². The zero-order valence-corrected chi connectivity index (χ0v) is 23.3. The fourth-order valence-corrected chi connectivity index (χ4v) is 3.83. The van der Waals surface area contributed by atoms with Crippen molar-refractivity contribution in [2.24, 2.45) is 17.8 Å². The SMILES string of the molecule is CC.CC.CCCCC[C@H](C)C(=O)C[C@@H](Cc1ccc(O)cc1)C(=O)CC(CCCC)C(C)=O. The fraction of sp³-hybridized carbons (Fsp3) is 0.700. The molecular formula is C30H52O4. The summed E-state index contributed by atoms with van der Waals surface area (Å²) >= 11 is 0. The first-order valence-electron chi connectivity index (χ1n) is 13.6. The van der Waals surface area contributed by atoms with Crippen LogP contribution in [0.25, 0.3) is 0 Å². The van der Waals surface area contributed by atoms with Crippen molar-refractivity contribution in [1.82, 2.24) is 0 Å². The van der Waals surface area contributed by atoms with Crippen LogP contribution in [0.2, 0.25) is 0 Å². The molecule has 0 amide bonds. The number of aromatic hydroxyl groups is 1. The van der Waals surface area contributed by atoms with Gasteiger partial charge in [-0.2, -0.15) is 0 Å². The molecule has 0 saturated carbocycles. The van der Waals surface area contributed by atoms with Crippen LogP contribution < -0.4 is 0 Å². The van der Waals surface area contributed by atoms with Crippen molar-refractivity contribution in [1.29, 1.82) is 0 Å². The molecule has 1 N–H and O–H groups in total. The van der Waals surface area contributed by atoms with Crippen molar-refractivity contribution in [2.45, 2.75) is 120 Å². The Morgan fingerprint density at radius 3 is 1.79 bits per heavy atom. The minimum absolute atomic E-state index is 0.00786. The minimum atomic E-state index is -0.417. The second kappa shape index (κ2) is 21.6. The standard InChI is InChI=1S/C26H40O4.2C2H6/c1-5-7-9-10-19(3)25(29)18-23(16-21-12-14-24(28)15-13-21)26(30)17-22(20(4)27)11-8-6-2;2*1-2/h12-15,19,22-23,28H,5-11,16-18H2,1-4H3;2*1-2H3/t19-,22?,23+;;/m0../s1. The van der Waals surface area contributed by atoms with E-state index in [1.54, 1.807) is 31.2 Å². The van der Waals surface area contributed by atoms with Crippen LogP contribution in [0.4, 0.5) is 0 Å². The Labute approximate surface area is 209 Å². The predicted molar refractivity (Wildman–Crippen MR) is 144 cm³/mol. The van der Waals surface area contributed by atoms with Crippen molar-refractivity contribution >= 4 is 17.3 Å². The molecule has 0 radical (unpaired) electrons. The van der Waals surface area contributed by atoms with Crippen LogP contribution in [0.5, 0.6) is 5.75 Å². The van der Waals surface area contributed by atoms with E-state index in [1.807, 2.05) is 34.6 Å². The molecule has 0 fully saturated rings. The minimum Gasteiger partial charge on any atom is -0.508 e. The summed E-state index contributed by atoms with van der Waals surface area (Å²) in [5.41, 5.74) is 0.922. The number of unbranched alkanes of at least 4 members (excludes halogenated alkanes) is 3. The Balaban J connectivity index is 0. The first-order valence-corrected chi connectivity index (χ1v) is 13.6. The molecule has 0 aromatic heterocycles. The summed E-state index contributed by atoms with van der Waals surface area (Å²) in [6.45, 7) is 15.7. The highest BCUT2D eigenvalue weighted by Crippen LogP contribution is 2.24. The molecular weight excluding hydrogens is 424 g/mol. The molecule has 3 atom stereocenters. The topological polar surface area (TPSA) is 71.4 Å². The monoisotopic (exact) mass is 476 g/mol. The molecule has 1 aromatic carbocycles. The number of carbonyl (C=O) groups is 3. The van der Waals surface area contributed by atoms with Crippen LogP contribution in [-0.4, -0.2) is 22.5 Å². The Hall–Kier alpha value is -1.97. The quantitative estimate of drug-likeness (QED) is 0.244. The molecule has 0 bridgehead atoms. The number of phenolic OH excluding ortho intramolecular Hbond substituents is 1. The van der Waals surface area contributed by atoms with E-state index < -0.39 is 5.92 Å². The lowest BCUT2D eigenvalue weighted by molar-refractivity contribution is -0.132. The van der Waals surface area contributed by atoms with Gasteiger partial charge < -0.3 is 5.11 Å². The van der Waals surface area contributed by atoms with Gasteiger partial charge >= 0.3 is 0 Å². The molecule has 0 aliphatic carbocycles. The lowest BCUT2D eigenvalue weighted by Gasteiger charge is -2.20. The highest BCUT2D eigenvalue weighted by atomic mass is 16.3. The molecule has 34 heavy (non-hydrogen) atoms. The van der Waals surface area contributed by atoms with Crippen molar-refractivity contribution in [3.8, 4) is 5.75 Å². The number of ketones is 3. The third-order valence-electron chi connectivity index (χ3n) is 6.04. The number of benzene rings is 1. The van der Waals surface area contributed by atoms with Gasteiger partial charge in [-0.05, 0) is 43.9 Å². The van der Waals surface area contributed by atoms with Gasteiger partial charge in [-0.25, -0.2) is 0 Å². The maximum absolute atomic E-state index is 13.2. The number of hydrogen-bond donors (Lipinski definition) is 1. The zero-order chi connectivity index (χ0) is 26.5. The predicted octanol–water partition coefficient (Wildman–Crippen LogP) is 8.13. The highest BCUT2D eigenvalue weighted by molar-refractivity contribution is 5.91. The maximum Gasteiger partial charge on any atom is 0.137 e. The summed E-state index contributed by atoms with van der Waals surface area (Å²) < 4.78 is 0. The van der Waals surface area contributed by atoms with Crippen LogP contribution in [0.15, 0.2) is 24.3 Å². The summed E-state index contributed by atoms with van der Waals surface area (Å²) in [5.74, 6) is -0.339. The molecule has 0 aliphatic heterocycles. The van der Waals surface area contributed by atoms with Gasteiger partial charge in [-0.3, -0.25) is 14.4 Å². The smallest absolute Gasteiger partial charge is 0.137 e. The summed E-state index contributed by atoms with van der Waals surface area (Å²) in [4.78, 5) is 38.0. The zero-order valence-electron chi connectivity index (χ0n) is 23.3. The van der Waals surface area contributed by atoms with Crippen LogP contribution in [0.3, 0.4) is 0 Å². The van der Waals surface area contributed by atoms with Crippen LogP contribution >= 0.6 is 0 Å². The van der Waals surface area contributed by atoms with E-state index in [4.69, 9.17) is 0 Å².